The maximum Gasteiger partial charge on any atom is 0.334 e. The second-order valence-electron chi connectivity index (χ2n) is 25.6. The van der Waals surface area contributed by atoms with E-state index in [1.165, 1.54) is 14.0 Å². The van der Waals surface area contributed by atoms with Gasteiger partial charge in [0.05, 0.1) is 31.2 Å². The summed E-state index contributed by atoms with van der Waals surface area (Å²) in [5.74, 6) is 3.17. The number of methoxy groups -OCH3 is 1. The Morgan fingerprint density at radius 3 is 2.48 bits per heavy atom. The number of ether oxygens (including phenoxy) is 3. The van der Waals surface area contributed by atoms with E-state index in [1.54, 1.807) is 6.08 Å². The lowest BCUT2D eigenvalue weighted by molar-refractivity contribution is -0.256. The van der Waals surface area contributed by atoms with Gasteiger partial charge in [-0.2, -0.15) is 0 Å². The van der Waals surface area contributed by atoms with Crippen LogP contribution in [0, 0.1) is 53.3 Å². The van der Waals surface area contributed by atoms with E-state index in [0.29, 0.717) is 71.4 Å². The average molecular weight is 1090 g/mol. The van der Waals surface area contributed by atoms with Crippen molar-refractivity contribution in [2.24, 2.45) is 41.4 Å². The van der Waals surface area contributed by atoms with Crippen LogP contribution >= 0.6 is 0 Å². The number of nitrogens with one attached hydrogen (secondary N) is 2. The second-order valence-corrected chi connectivity index (χ2v) is 25.6. The summed E-state index contributed by atoms with van der Waals surface area (Å²) in [6.45, 7) is 1.34. The molecule has 0 radical (unpaired) electrons. The quantitative estimate of drug-likeness (QED) is 0.0451. The molecule has 0 spiro atoms. The summed E-state index contributed by atoms with van der Waals surface area (Å²) in [4.78, 5) is 44.8. The number of likely N-dealkylation sites (N-methyl/N-ethyl adjacent to an activating group) is 1. The Bertz CT molecular complexity index is 3040. The van der Waals surface area contributed by atoms with E-state index in [1.807, 2.05) is 43.4 Å². The van der Waals surface area contributed by atoms with Crippen LogP contribution in [0.3, 0.4) is 0 Å². The molecule has 0 amide bonds. The van der Waals surface area contributed by atoms with Gasteiger partial charge in [0.25, 0.3) is 0 Å². The van der Waals surface area contributed by atoms with Gasteiger partial charge < -0.3 is 55.5 Å². The molecule has 14 nitrogen and oxygen atoms in total. The number of esters is 2. The molecule has 4 fully saturated rings. The van der Waals surface area contributed by atoms with Crippen molar-refractivity contribution in [1.29, 1.82) is 0 Å². The highest BCUT2D eigenvalue weighted by atomic mass is 16.6. The first-order valence-corrected chi connectivity index (χ1v) is 29.9. The number of fused-ring (bicyclic) bond motifs is 11. The van der Waals surface area contributed by atoms with E-state index < -0.39 is 71.2 Å². The van der Waals surface area contributed by atoms with Crippen LogP contribution in [0.1, 0.15) is 159 Å². The molecule has 12 rings (SSSR count). The standard InChI is InChI=1S/C66H80N2O12/c1-65(76,55(71)33-78-3)34-68-53-29-41(27-49-46(53)20-21-52(67-2)62(49)74)38-16-17-39-32-57(72)80-63-48(39)28-42(61(73)58(63)37-12-5-4-6-13-37)31-56-66(77)51-15-8-7-14-45(51)47-19-18-40-30-54(70)50(59(47)60(40)66)24-36-11-9-10-35(22-36)23-44(69)26-43(25-38)64(75)79-56/h7,9-11,14,22,26-29,37-40,44-45,47,50-52,55-56,59-60,62,67-69,71,73-74,76-77H,4-6,8,12-13,15,18-21,23-25,30-34H2,1-3H3. The highest BCUT2D eigenvalue weighted by Gasteiger charge is 2.68. The predicted octanol–water partition coefficient (Wildman–Crippen LogP) is 7.48. The number of benzene rings is 3. The number of allylic oxidation sites excluding steroid dienone is 2. The van der Waals surface area contributed by atoms with E-state index in [4.69, 9.17) is 14.2 Å². The van der Waals surface area contributed by atoms with Gasteiger partial charge in [-0.1, -0.05) is 73.6 Å². The van der Waals surface area contributed by atoms with Gasteiger partial charge in [0.1, 0.15) is 40.7 Å². The van der Waals surface area contributed by atoms with Gasteiger partial charge in [-0.15, -0.1) is 0 Å². The third-order valence-corrected chi connectivity index (χ3v) is 20.8. The molecule has 0 saturated heterocycles. The Kier molecular flexibility index (Phi) is 15.2. The van der Waals surface area contributed by atoms with Crippen molar-refractivity contribution >= 4 is 23.4 Å². The number of hydrogen-bond donors (Lipinski definition) is 8. The Hall–Kier alpha value is -5.37. The molecule has 0 aromatic heterocycles. The van der Waals surface area contributed by atoms with Gasteiger partial charge in [0, 0.05) is 73.2 Å². The van der Waals surface area contributed by atoms with Crippen molar-refractivity contribution in [1.82, 2.24) is 5.32 Å². The second kappa shape index (κ2) is 22.1. The number of Topliss-reactive ketones (excluding diaryl/α,β-unsaturated/α-hetero) is 1. The van der Waals surface area contributed by atoms with Crippen LogP contribution < -0.4 is 15.4 Å². The summed E-state index contributed by atoms with van der Waals surface area (Å²) in [6, 6.07) is 13.4. The lowest BCUT2D eigenvalue weighted by Gasteiger charge is -2.66. The molecule has 8 N–H and O–H groups in total. The maximum absolute atomic E-state index is 16.0. The number of anilines is 1. The normalized spacial score (nSPS) is 34.9. The molecule has 16 unspecified atom stereocenters. The van der Waals surface area contributed by atoms with Crippen LogP contribution in [0.25, 0.3) is 0 Å². The van der Waals surface area contributed by atoms with E-state index >= 15 is 4.79 Å². The lowest BCUT2D eigenvalue weighted by Crippen LogP contribution is -2.71. The van der Waals surface area contributed by atoms with Gasteiger partial charge >= 0.3 is 11.9 Å². The number of rotatable bonds is 9. The van der Waals surface area contributed by atoms with Crippen molar-refractivity contribution in [3.8, 4) is 23.3 Å². The monoisotopic (exact) mass is 1090 g/mol. The minimum Gasteiger partial charge on any atom is -0.507 e. The summed E-state index contributed by atoms with van der Waals surface area (Å²) in [6.07, 6.45) is 10.8. The van der Waals surface area contributed by atoms with Crippen molar-refractivity contribution in [3.63, 3.8) is 0 Å². The summed E-state index contributed by atoms with van der Waals surface area (Å²) in [5.41, 5.74) is 2.97. The van der Waals surface area contributed by atoms with E-state index in [-0.39, 0.29) is 97.5 Å². The number of phenols is 1. The zero-order valence-electron chi connectivity index (χ0n) is 46.5. The van der Waals surface area contributed by atoms with Crippen LogP contribution in [0.5, 0.6) is 11.5 Å². The summed E-state index contributed by atoms with van der Waals surface area (Å²) < 4.78 is 18.6. The highest BCUT2D eigenvalue weighted by Crippen LogP contribution is 2.65. The van der Waals surface area contributed by atoms with Crippen molar-refractivity contribution in [3.05, 3.63) is 111 Å². The van der Waals surface area contributed by atoms with Crippen LogP contribution in [0.2, 0.25) is 0 Å². The van der Waals surface area contributed by atoms with Gasteiger partial charge in [-0.3, -0.25) is 9.59 Å². The van der Waals surface area contributed by atoms with Crippen LogP contribution in [-0.4, -0.2) is 111 Å². The molecule has 426 valence electrons. The number of carbonyl (C=O) groups excluding carboxylic acids is 3. The molecule has 3 aliphatic heterocycles. The first kappa shape index (κ1) is 55.2. The molecule has 3 heterocycles. The van der Waals surface area contributed by atoms with E-state index in [9.17, 15) is 40.2 Å². The largest absolute Gasteiger partial charge is 0.507 e. The smallest absolute Gasteiger partial charge is 0.334 e. The number of ketones is 1. The van der Waals surface area contributed by atoms with E-state index in [2.05, 4.69) is 40.7 Å². The number of aliphatic hydroxyl groups excluding tert-OH is 3. The van der Waals surface area contributed by atoms with Crippen LogP contribution in [0.15, 0.2) is 66.3 Å². The number of aromatic hydroxyl groups is 1. The molecule has 4 saturated carbocycles. The minimum absolute atomic E-state index is 0.0299. The zero-order chi connectivity index (χ0) is 55.8. The lowest BCUT2D eigenvalue weighted by atomic mass is 9.40. The Morgan fingerprint density at radius 1 is 0.900 bits per heavy atom. The average Bonchev–Trinajstić information content (AvgIpc) is 1.79. The molecule has 6 aliphatic carbocycles. The fourth-order valence-electron chi connectivity index (χ4n) is 16.9. The fraction of sp³-hybridized carbons (Fsp3) is 0.591. The van der Waals surface area contributed by atoms with Crippen LogP contribution in [0.4, 0.5) is 5.69 Å². The topological polar surface area (TPSA) is 224 Å². The summed E-state index contributed by atoms with van der Waals surface area (Å²) in [7, 11) is 3.26. The van der Waals surface area contributed by atoms with Crippen molar-refractivity contribution in [2.75, 3.05) is 32.6 Å². The first-order chi connectivity index (χ1) is 38.5. The van der Waals surface area contributed by atoms with Gasteiger partial charge in [-0.25, -0.2) is 4.79 Å². The molecule has 14 heteroatoms. The SMILES string of the molecule is CNC1CCc2c(NCC(C)(O)C(O)COC)cc(C3C#CC4CC(=O)Oc5c4cc(c(O)c5C4CCCCC4)CC4OC(=O)C(=CC(O)Cc5cccc(c5)CC5C(=O)CC6CCC7C8C=CCCC8C4(O)C6C57)C3)cc2C1O. The number of carbonyl (C=O) groups is 3. The molecule has 12 bridgehead atoms. The van der Waals surface area contributed by atoms with Crippen LogP contribution in [-0.2, 0) is 49.5 Å². The third-order valence-electron chi connectivity index (χ3n) is 20.8. The number of aliphatic hydroxyl groups is 5. The molecule has 3 aromatic carbocycles. The number of phenolic OH excluding ortho intramolecular Hbond substituents is 1. The molecule has 80 heavy (non-hydrogen) atoms. The number of hydrogen-bond acceptors (Lipinski definition) is 14. The first-order valence-electron chi connectivity index (χ1n) is 29.9. The van der Waals surface area contributed by atoms with Gasteiger partial charge in [-0.05, 0) is 171 Å². The van der Waals surface area contributed by atoms with Crippen molar-refractivity contribution in [2.45, 2.75) is 175 Å². The fourth-order valence-corrected chi connectivity index (χ4v) is 16.9. The minimum atomic E-state index is -1.67. The zero-order valence-corrected chi connectivity index (χ0v) is 46.5. The predicted molar refractivity (Wildman–Crippen MR) is 300 cm³/mol. The summed E-state index contributed by atoms with van der Waals surface area (Å²) in [5, 5.41) is 81.2. The highest BCUT2D eigenvalue weighted by molar-refractivity contribution is 5.89. The molecule has 16 atom stereocenters. The third kappa shape index (κ3) is 9.94. The Morgan fingerprint density at radius 2 is 1.69 bits per heavy atom. The Labute approximate surface area is 469 Å². The Balaban J connectivity index is 1.08. The maximum atomic E-state index is 16.0. The van der Waals surface area contributed by atoms with Crippen molar-refractivity contribution < 1.29 is 59.2 Å². The van der Waals surface area contributed by atoms with Gasteiger partial charge in [0.2, 0.25) is 0 Å². The summed E-state index contributed by atoms with van der Waals surface area (Å²) >= 11 is 0. The molecule has 3 aromatic rings. The van der Waals surface area contributed by atoms with Gasteiger partial charge in [0.15, 0.2) is 0 Å². The molecular weight excluding hydrogens is 1010 g/mol. The molecule has 9 aliphatic rings. The van der Waals surface area contributed by atoms with E-state index in [0.717, 1.165) is 68.1 Å². The molecular formula is C66H80N2O12.